The van der Waals surface area contributed by atoms with Gasteiger partial charge in [-0.2, -0.15) is 0 Å². The highest BCUT2D eigenvalue weighted by atomic mass is 32.2. The molecule has 0 aliphatic carbocycles. The molecule has 0 N–H and O–H groups in total. The normalized spacial score (nSPS) is 11.2. The van der Waals surface area contributed by atoms with Gasteiger partial charge in [0.2, 0.25) is 0 Å². The van der Waals surface area contributed by atoms with Crippen LogP contribution in [0.4, 0.5) is 0 Å². The number of Topliss-reactive ketones (excluding diaryl/α,β-unsaturated/α-hetero) is 1. The first-order chi connectivity index (χ1) is 8.38. The molecule has 0 aliphatic rings. The summed E-state index contributed by atoms with van der Waals surface area (Å²) < 4.78 is 24.4. The molecule has 1 aromatic carbocycles. The zero-order valence-corrected chi connectivity index (χ0v) is 11.6. The molecule has 0 spiro atoms. The number of carbonyl (C=O) groups is 1. The van der Waals surface area contributed by atoms with Gasteiger partial charge in [0.25, 0.3) is 0 Å². The van der Waals surface area contributed by atoms with Gasteiger partial charge in [-0.25, -0.2) is 8.42 Å². The smallest absolute Gasteiger partial charge is 0.185 e. The van der Waals surface area contributed by atoms with E-state index in [1.54, 1.807) is 32.1 Å². The lowest BCUT2D eigenvalue weighted by atomic mass is 10.2. The molecule has 1 rings (SSSR count). The lowest BCUT2D eigenvalue weighted by Gasteiger charge is -2.10. The molecule has 0 radical (unpaired) electrons. The number of hydrogen-bond donors (Lipinski definition) is 0. The van der Waals surface area contributed by atoms with Crippen molar-refractivity contribution in [1.29, 1.82) is 0 Å². The van der Waals surface area contributed by atoms with Gasteiger partial charge in [0.1, 0.15) is 11.5 Å². The molecule has 3 nitrogen and oxygen atoms in total. The van der Waals surface area contributed by atoms with Crippen molar-refractivity contribution in [3.05, 3.63) is 42.0 Å². The highest BCUT2D eigenvalue weighted by Crippen LogP contribution is 2.21. The highest BCUT2D eigenvalue weighted by molar-refractivity contribution is 7.92. The number of ketones is 1. The van der Waals surface area contributed by atoms with Gasteiger partial charge in [-0.3, -0.25) is 4.79 Å². The molecule has 0 fully saturated rings. The van der Waals surface area contributed by atoms with Crippen LogP contribution in [-0.2, 0) is 14.6 Å². The molecule has 0 bridgehead atoms. The second-order valence-electron chi connectivity index (χ2n) is 4.35. The highest BCUT2D eigenvalue weighted by Gasteiger charge is 2.22. The fraction of sp³-hybridized carbons (Fsp3) is 0.357. The Morgan fingerprint density at radius 3 is 2.33 bits per heavy atom. The zero-order chi connectivity index (χ0) is 13.8. The number of carbonyl (C=O) groups excluding carboxylic acids is 1. The van der Waals surface area contributed by atoms with E-state index in [0.29, 0.717) is 17.5 Å². The number of hydrogen-bond acceptors (Lipinski definition) is 3. The van der Waals surface area contributed by atoms with E-state index >= 15 is 0 Å². The van der Waals surface area contributed by atoms with Crippen molar-refractivity contribution in [3.8, 4) is 0 Å². The third-order valence-electron chi connectivity index (χ3n) is 2.70. The SMILES string of the molecule is C=CCCC(=O)CS(=O)(=O)c1c(C)cccc1C. The minimum absolute atomic E-state index is 0.230. The molecule has 1 aromatic rings. The number of allylic oxidation sites excluding steroid dienone is 1. The van der Waals surface area contributed by atoms with E-state index in [2.05, 4.69) is 6.58 Å². The van der Waals surface area contributed by atoms with Gasteiger partial charge in [0, 0.05) is 6.42 Å². The van der Waals surface area contributed by atoms with E-state index in [1.807, 2.05) is 6.07 Å². The van der Waals surface area contributed by atoms with Gasteiger partial charge >= 0.3 is 0 Å². The van der Waals surface area contributed by atoms with E-state index < -0.39 is 15.6 Å². The summed E-state index contributed by atoms with van der Waals surface area (Å²) in [5.74, 6) is -0.690. The summed E-state index contributed by atoms with van der Waals surface area (Å²) in [5.41, 5.74) is 1.37. The Labute approximate surface area is 108 Å². The number of sulfone groups is 1. The van der Waals surface area contributed by atoms with Crippen molar-refractivity contribution >= 4 is 15.6 Å². The standard InChI is InChI=1S/C14H18O3S/c1-4-5-9-13(15)10-18(16,17)14-11(2)7-6-8-12(14)3/h4,6-8H,1,5,9-10H2,2-3H3. The molecular formula is C14H18O3S. The van der Waals surface area contributed by atoms with Crippen LogP contribution in [0.25, 0.3) is 0 Å². The molecule has 0 atom stereocenters. The van der Waals surface area contributed by atoms with Gasteiger partial charge in [-0.1, -0.05) is 24.3 Å². The van der Waals surface area contributed by atoms with Crippen LogP contribution in [0.3, 0.4) is 0 Å². The van der Waals surface area contributed by atoms with Crippen molar-refractivity contribution in [2.24, 2.45) is 0 Å². The Morgan fingerprint density at radius 2 is 1.83 bits per heavy atom. The molecule has 0 aliphatic heterocycles. The van der Waals surface area contributed by atoms with Gasteiger partial charge in [-0.05, 0) is 31.4 Å². The van der Waals surface area contributed by atoms with Crippen molar-refractivity contribution < 1.29 is 13.2 Å². The number of rotatable bonds is 6. The van der Waals surface area contributed by atoms with E-state index in [4.69, 9.17) is 0 Å². The summed E-state index contributed by atoms with van der Waals surface area (Å²) in [7, 11) is -3.54. The molecule has 0 unspecified atom stereocenters. The van der Waals surface area contributed by atoms with E-state index in [1.165, 1.54) is 0 Å². The maximum absolute atomic E-state index is 12.2. The van der Waals surface area contributed by atoms with Gasteiger partial charge in [0.15, 0.2) is 9.84 Å². The van der Waals surface area contributed by atoms with Crippen LogP contribution < -0.4 is 0 Å². The fourth-order valence-corrected chi connectivity index (χ4v) is 3.74. The Balaban J connectivity index is 3.00. The summed E-state index contributed by atoms with van der Waals surface area (Å²) in [4.78, 5) is 11.9. The van der Waals surface area contributed by atoms with Crippen LogP contribution >= 0.6 is 0 Å². The molecule has 0 aromatic heterocycles. The van der Waals surface area contributed by atoms with Gasteiger partial charge in [-0.15, -0.1) is 6.58 Å². The maximum Gasteiger partial charge on any atom is 0.185 e. The first kappa shape index (κ1) is 14.6. The monoisotopic (exact) mass is 266 g/mol. The van der Waals surface area contributed by atoms with Gasteiger partial charge in [0.05, 0.1) is 4.90 Å². The minimum atomic E-state index is -3.54. The van der Waals surface area contributed by atoms with E-state index in [-0.39, 0.29) is 17.1 Å². The van der Waals surface area contributed by atoms with Crippen molar-refractivity contribution in [2.75, 3.05) is 5.75 Å². The Bertz CT molecular complexity index is 536. The minimum Gasteiger partial charge on any atom is -0.299 e. The van der Waals surface area contributed by atoms with E-state index in [9.17, 15) is 13.2 Å². The second kappa shape index (κ2) is 5.96. The van der Waals surface area contributed by atoms with Crippen LogP contribution in [0.5, 0.6) is 0 Å². The molecular weight excluding hydrogens is 248 g/mol. The van der Waals surface area contributed by atoms with Crippen LogP contribution in [0.1, 0.15) is 24.0 Å². The van der Waals surface area contributed by atoms with Crippen LogP contribution in [0.2, 0.25) is 0 Å². The predicted molar refractivity (Wildman–Crippen MR) is 72.4 cm³/mol. The molecule has 0 saturated heterocycles. The largest absolute Gasteiger partial charge is 0.299 e. The quantitative estimate of drug-likeness (QED) is 0.744. The van der Waals surface area contributed by atoms with Crippen LogP contribution in [0.15, 0.2) is 35.7 Å². The Hall–Kier alpha value is -1.42. The molecule has 98 valence electrons. The third-order valence-corrected chi connectivity index (χ3v) is 4.67. The topological polar surface area (TPSA) is 51.2 Å². The Morgan fingerprint density at radius 1 is 1.28 bits per heavy atom. The summed E-state index contributed by atoms with van der Waals surface area (Å²) in [6, 6.07) is 5.30. The molecule has 4 heteroatoms. The Kier molecular flexibility index (Phi) is 4.84. The number of benzene rings is 1. The number of aryl methyl sites for hydroxylation is 2. The first-order valence-corrected chi connectivity index (χ1v) is 7.45. The zero-order valence-electron chi connectivity index (χ0n) is 10.8. The van der Waals surface area contributed by atoms with E-state index in [0.717, 1.165) is 0 Å². The lowest BCUT2D eigenvalue weighted by molar-refractivity contribution is -0.116. The lowest BCUT2D eigenvalue weighted by Crippen LogP contribution is -2.17. The average Bonchev–Trinajstić information content (AvgIpc) is 2.25. The molecule has 0 saturated carbocycles. The maximum atomic E-state index is 12.2. The van der Waals surface area contributed by atoms with Gasteiger partial charge < -0.3 is 0 Å². The third kappa shape index (κ3) is 3.53. The van der Waals surface area contributed by atoms with Crippen molar-refractivity contribution in [2.45, 2.75) is 31.6 Å². The molecule has 0 heterocycles. The van der Waals surface area contributed by atoms with Crippen molar-refractivity contribution in [3.63, 3.8) is 0 Å². The summed E-state index contributed by atoms with van der Waals surface area (Å²) in [6.07, 6.45) is 2.36. The average molecular weight is 266 g/mol. The summed E-state index contributed by atoms with van der Waals surface area (Å²) in [6.45, 7) is 7.00. The second-order valence-corrected chi connectivity index (χ2v) is 6.27. The van der Waals surface area contributed by atoms with Crippen molar-refractivity contribution in [1.82, 2.24) is 0 Å². The molecule has 0 amide bonds. The van der Waals surface area contributed by atoms with Crippen LogP contribution in [0, 0.1) is 13.8 Å². The fourth-order valence-electron chi connectivity index (χ4n) is 1.91. The molecule has 18 heavy (non-hydrogen) atoms. The van der Waals surface area contributed by atoms with Crippen LogP contribution in [-0.4, -0.2) is 20.0 Å². The summed E-state index contributed by atoms with van der Waals surface area (Å²) >= 11 is 0. The first-order valence-electron chi connectivity index (χ1n) is 5.80. The summed E-state index contributed by atoms with van der Waals surface area (Å²) in [5, 5.41) is 0. The predicted octanol–water partition coefficient (Wildman–Crippen LogP) is 2.61.